The van der Waals surface area contributed by atoms with Gasteiger partial charge in [0.25, 0.3) is 0 Å². The minimum absolute atomic E-state index is 0. The van der Waals surface area contributed by atoms with Crippen molar-refractivity contribution >= 4 is 42.4 Å². The summed E-state index contributed by atoms with van der Waals surface area (Å²) >= 11 is 1.89. The first-order valence-corrected chi connectivity index (χ1v) is 16.3. The molecular weight excluding hydrogens is 663 g/mol. The van der Waals surface area contributed by atoms with Gasteiger partial charge >= 0.3 is 0 Å². The van der Waals surface area contributed by atoms with Crippen molar-refractivity contribution in [3.05, 3.63) is 176 Å². The summed E-state index contributed by atoms with van der Waals surface area (Å²) in [5.41, 5.74) is 11.8. The van der Waals surface area contributed by atoms with Crippen LogP contribution in [0, 0.1) is 12.3 Å². The molecule has 47 heavy (non-hydrogen) atoms. The molecule has 0 aliphatic rings. The van der Waals surface area contributed by atoms with E-state index in [4.69, 9.17) is 0 Å². The molecule has 0 fully saturated rings. The first-order valence-electron chi connectivity index (χ1n) is 15.5. The molecule has 0 spiro atoms. The first-order chi connectivity index (χ1) is 22.8. The summed E-state index contributed by atoms with van der Waals surface area (Å²) in [7, 11) is 0. The van der Waals surface area contributed by atoms with E-state index < -0.39 is 0 Å². The van der Waals surface area contributed by atoms with Crippen LogP contribution in [0.1, 0.15) is 0 Å². The Morgan fingerprint density at radius 3 is 1.70 bits per heavy atom. The van der Waals surface area contributed by atoms with Crippen molar-refractivity contribution in [1.82, 2.24) is 4.57 Å². The van der Waals surface area contributed by atoms with Crippen LogP contribution in [0.15, 0.2) is 164 Å². The van der Waals surface area contributed by atoms with E-state index in [1.54, 1.807) is 0 Å². The van der Waals surface area contributed by atoms with Crippen LogP contribution in [0.25, 0.3) is 81.3 Å². The van der Waals surface area contributed by atoms with Crippen LogP contribution < -0.4 is 0 Å². The van der Waals surface area contributed by atoms with Gasteiger partial charge in [-0.15, -0.1) is 22.6 Å². The summed E-state index contributed by atoms with van der Waals surface area (Å²) in [4.78, 5) is 0. The van der Waals surface area contributed by atoms with Gasteiger partial charge in [-0.3, -0.25) is 0 Å². The zero-order valence-corrected chi connectivity index (χ0v) is 29.2. The minimum Gasteiger partial charge on any atom is -0.439 e. The normalized spacial score (nSPS) is 11.2. The number of fused-ring (bicyclic) bond motifs is 4. The number of hydrogen-bond acceptors (Lipinski definition) is 1. The molecule has 0 N–H and O–H groups in total. The van der Waals surface area contributed by atoms with E-state index in [9.17, 15) is 0 Å². The Balaban J connectivity index is 0.00000324. The molecule has 0 aliphatic heterocycles. The average molecular weight is 691 g/mol. The van der Waals surface area contributed by atoms with E-state index in [0.717, 1.165) is 22.3 Å². The standard InChI is InChI=1S/C44H27NS.Y/c1-3-12-30(13-4-1)31-24-26-33(27-25-31)36-19-10-21-39-40-22-11-20-37(44(40)46-43(36)39)34-16-9-17-35(28-34)45-29-41(32-14-5-2-6-15-32)38-18-7-8-23-42(38)45;/h1-16,18-28H;/q-2;. The molecule has 1 radical (unpaired) electrons. The Labute approximate surface area is 303 Å². The molecule has 0 atom stereocenters. The molecule has 0 amide bonds. The molecule has 1 nitrogen and oxygen atoms in total. The summed E-state index contributed by atoms with van der Waals surface area (Å²) in [5.74, 6) is 0. The Morgan fingerprint density at radius 2 is 1.00 bits per heavy atom. The minimum atomic E-state index is 0. The fourth-order valence-electron chi connectivity index (χ4n) is 6.63. The molecule has 3 heteroatoms. The van der Waals surface area contributed by atoms with Crippen LogP contribution in [-0.4, -0.2) is 4.57 Å². The van der Waals surface area contributed by atoms with Crippen molar-refractivity contribution in [3.8, 4) is 50.2 Å². The third-order valence-electron chi connectivity index (χ3n) is 8.87. The second kappa shape index (κ2) is 12.5. The maximum absolute atomic E-state index is 3.69. The predicted molar refractivity (Wildman–Crippen MR) is 196 cm³/mol. The van der Waals surface area contributed by atoms with Gasteiger partial charge in [0.1, 0.15) is 0 Å². The van der Waals surface area contributed by atoms with Gasteiger partial charge in [0, 0.05) is 52.9 Å². The SMILES string of the molecule is [Y].[c-]1ccc(-c2cccc3c2sc2c(-c4ccc(-c5ccccc5)cc4)cccc23)cc1-n1[c-]c(-c2ccccc2)c2ccccc21. The summed E-state index contributed by atoms with van der Waals surface area (Å²) in [5, 5.41) is 3.77. The number of aromatic nitrogens is 1. The first kappa shape index (κ1) is 29.8. The number of benzene rings is 7. The van der Waals surface area contributed by atoms with Crippen molar-refractivity contribution in [1.29, 1.82) is 0 Å². The van der Waals surface area contributed by atoms with Crippen molar-refractivity contribution in [3.63, 3.8) is 0 Å². The van der Waals surface area contributed by atoms with Gasteiger partial charge in [-0.25, -0.2) is 6.07 Å². The summed E-state index contributed by atoms with van der Waals surface area (Å²) in [6.07, 6.45) is 3.69. The van der Waals surface area contributed by atoms with Gasteiger partial charge in [-0.2, -0.15) is 18.2 Å². The van der Waals surface area contributed by atoms with Crippen LogP contribution in [0.3, 0.4) is 0 Å². The van der Waals surface area contributed by atoms with Crippen LogP contribution >= 0.6 is 11.3 Å². The van der Waals surface area contributed by atoms with E-state index in [-0.39, 0.29) is 32.7 Å². The molecule has 0 saturated heterocycles. The van der Waals surface area contributed by atoms with Gasteiger partial charge in [0.15, 0.2) is 0 Å². The summed E-state index contributed by atoms with van der Waals surface area (Å²) in [6.45, 7) is 0. The molecule has 7 aromatic carbocycles. The molecule has 0 saturated carbocycles. The number of nitrogens with zero attached hydrogens (tertiary/aromatic N) is 1. The zero-order valence-electron chi connectivity index (χ0n) is 25.5. The zero-order chi connectivity index (χ0) is 30.5. The van der Waals surface area contributed by atoms with E-state index in [1.165, 1.54) is 58.9 Å². The number of rotatable bonds is 5. The van der Waals surface area contributed by atoms with E-state index in [0.29, 0.717) is 0 Å². The van der Waals surface area contributed by atoms with Gasteiger partial charge < -0.3 is 4.57 Å². The van der Waals surface area contributed by atoms with Gasteiger partial charge in [0.2, 0.25) is 0 Å². The van der Waals surface area contributed by atoms with Crippen LogP contribution in [0.5, 0.6) is 0 Å². The second-order valence-corrected chi connectivity index (χ2v) is 12.6. The van der Waals surface area contributed by atoms with Crippen LogP contribution in [0.2, 0.25) is 0 Å². The Kier molecular flexibility index (Phi) is 7.95. The summed E-state index contributed by atoms with van der Waals surface area (Å²) in [6, 6.07) is 62.0. The van der Waals surface area contributed by atoms with Crippen LogP contribution in [-0.2, 0) is 32.7 Å². The monoisotopic (exact) mass is 690 g/mol. The van der Waals surface area contributed by atoms with Gasteiger partial charge in [0.05, 0.1) is 0 Å². The Bertz CT molecular complexity index is 2510. The maximum Gasteiger partial charge on any atom is 0.0434 e. The van der Waals surface area contributed by atoms with Gasteiger partial charge in [-0.05, 0) is 39.5 Å². The fraction of sp³-hybridized carbons (Fsp3) is 0. The van der Waals surface area contributed by atoms with Crippen LogP contribution in [0.4, 0.5) is 0 Å². The molecule has 9 aromatic rings. The molecule has 0 unspecified atom stereocenters. The number of thiophene rings is 1. The summed E-state index contributed by atoms with van der Waals surface area (Å²) < 4.78 is 4.77. The average Bonchev–Trinajstić information content (AvgIpc) is 3.72. The van der Waals surface area contributed by atoms with Gasteiger partial charge in [-0.1, -0.05) is 162 Å². The molecule has 219 valence electrons. The molecular formula is C44H27NSY-2. The second-order valence-electron chi connectivity index (χ2n) is 11.6. The third-order valence-corrected chi connectivity index (χ3v) is 10.2. The van der Waals surface area contributed by atoms with Crippen molar-refractivity contribution < 1.29 is 32.7 Å². The molecule has 2 heterocycles. The topological polar surface area (TPSA) is 4.93 Å². The number of hydrogen-bond donors (Lipinski definition) is 0. The quantitative estimate of drug-likeness (QED) is 0.158. The van der Waals surface area contributed by atoms with Crippen molar-refractivity contribution in [2.75, 3.05) is 0 Å². The van der Waals surface area contributed by atoms with E-state index >= 15 is 0 Å². The smallest absolute Gasteiger partial charge is 0.0434 e. The molecule has 2 aromatic heterocycles. The van der Waals surface area contributed by atoms with Crippen molar-refractivity contribution in [2.45, 2.75) is 0 Å². The maximum atomic E-state index is 3.69. The third kappa shape index (κ3) is 5.27. The Hall–Kier alpha value is -4.60. The molecule has 0 aliphatic carbocycles. The van der Waals surface area contributed by atoms with Crippen molar-refractivity contribution in [2.24, 2.45) is 0 Å². The number of para-hydroxylation sites is 1. The largest absolute Gasteiger partial charge is 0.439 e. The molecule has 0 bridgehead atoms. The fourth-order valence-corrected chi connectivity index (χ4v) is 8.00. The van der Waals surface area contributed by atoms with E-state index in [1.807, 2.05) is 17.4 Å². The predicted octanol–water partition coefficient (Wildman–Crippen LogP) is 12.3. The van der Waals surface area contributed by atoms with E-state index in [2.05, 4.69) is 175 Å². The Morgan fingerprint density at radius 1 is 0.447 bits per heavy atom. The molecule has 9 rings (SSSR count).